The average molecular weight is 375 g/mol. The van der Waals surface area contributed by atoms with Gasteiger partial charge in [-0.25, -0.2) is 0 Å². The number of hydrogen-bond donors (Lipinski definition) is 1. The predicted octanol–water partition coefficient (Wildman–Crippen LogP) is 2.54. The first-order valence-corrected chi connectivity index (χ1v) is 6.97. The summed E-state index contributed by atoms with van der Waals surface area (Å²) in [6.45, 7) is 0.399. The minimum absolute atomic E-state index is 0.180. The molecule has 0 saturated carbocycles. The van der Waals surface area contributed by atoms with E-state index in [0.717, 1.165) is 8.58 Å². The smallest absolute Gasteiger partial charge is 0.258 e. The highest BCUT2D eigenvalue weighted by molar-refractivity contribution is 14.1. The Morgan fingerprint density at radius 2 is 2.22 bits per heavy atom. The van der Waals surface area contributed by atoms with Crippen molar-refractivity contribution in [2.45, 2.75) is 6.61 Å². The van der Waals surface area contributed by atoms with Gasteiger partial charge in [0.05, 0.1) is 5.56 Å². The van der Waals surface area contributed by atoms with Crippen molar-refractivity contribution in [2.24, 2.45) is 0 Å². The Bertz CT molecular complexity index is 559. The molecule has 1 aromatic carbocycles. The number of nitrogens with zero attached hydrogens (tertiary/aromatic N) is 2. The number of benzene rings is 1. The zero-order chi connectivity index (χ0) is 13.0. The zero-order valence-electron chi connectivity index (χ0n) is 9.51. The third kappa shape index (κ3) is 3.24. The molecule has 2 aromatic rings. The van der Waals surface area contributed by atoms with Crippen LogP contribution in [0.1, 0.15) is 15.4 Å². The van der Waals surface area contributed by atoms with Gasteiger partial charge in [-0.2, -0.15) is 0 Å². The lowest BCUT2D eigenvalue weighted by Crippen LogP contribution is -2.13. The molecule has 1 amide bonds. The lowest BCUT2D eigenvalue weighted by molar-refractivity contribution is 0.102. The van der Waals surface area contributed by atoms with Gasteiger partial charge in [0.1, 0.15) is 11.6 Å². The number of nitrogens with one attached hydrogen (secondary N) is 1. The third-order valence-electron chi connectivity index (χ3n) is 2.07. The molecule has 0 unspecified atom stereocenters. The van der Waals surface area contributed by atoms with Gasteiger partial charge in [-0.05, 0) is 34.7 Å². The molecule has 0 bridgehead atoms. The highest BCUT2D eigenvalue weighted by Gasteiger charge is 2.12. The van der Waals surface area contributed by atoms with Gasteiger partial charge in [-0.15, -0.1) is 10.2 Å². The van der Waals surface area contributed by atoms with Crippen molar-refractivity contribution in [3.8, 4) is 0 Å². The van der Waals surface area contributed by atoms with Crippen molar-refractivity contribution in [3.05, 3.63) is 38.4 Å². The van der Waals surface area contributed by atoms with Gasteiger partial charge in [-0.3, -0.25) is 10.1 Å². The number of aromatic nitrogens is 2. The van der Waals surface area contributed by atoms with Crippen molar-refractivity contribution in [3.63, 3.8) is 0 Å². The fourth-order valence-electron chi connectivity index (χ4n) is 1.30. The summed E-state index contributed by atoms with van der Waals surface area (Å²) in [4.78, 5) is 12.0. The van der Waals surface area contributed by atoms with Crippen LogP contribution in [0.4, 0.5) is 5.13 Å². The molecule has 7 heteroatoms. The van der Waals surface area contributed by atoms with Crippen LogP contribution in [0.3, 0.4) is 0 Å². The normalized spacial score (nSPS) is 10.3. The van der Waals surface area contributed by atoms with E-state index in [-0.39, 0.29) is 5.91 Å². The van der Waals surface area contributed by atoms with Crippen LogP contribution in [-0.4, -0.2) is 23.2 Å². The van der Waals surface area contributed by atoms with Crippen molar-refractivity contribution in [1.29, 1.82) is 0 Å². The minimum Gasteiger partial charge on any atom is -0.377 e. The zero-order valence-corrected chi connectivity index (χ0v) is 12.5. The number of carbonyl (C=O) groups excluding carboxylic acids is 1. The van der Waals surface area contributed by atoms with E-state index in [2.05, 4.69) is 38.1 Å². The molecule has 1 N–H and O–H groups in total. The fraction of sp³-hybridized carbons (Fsp3) is 0.182. The molecule has 0 aliphatic carbocycles. The second-order valence-electron chi connectivity index (χ2n) is 3.37. The first-order valence-electron chi connectivity index (χ1n) is 5.08. The molecule has 2 rings (SSSR count). The van der Waals surface area contributed by atoms with Gasteiger partial charge in [0, 0.05) is 10.7 Å². The first-order chi connectivity index (χ1) is 8.70. The predicted molar refractivity (Wildman–Crippen MR) is 77.7 cm³/mol. The first kappa shape index (κ1) is 13.4. The largest absolute Gasteiger partial charge is 0.377 e. The maximum absolute atomic E-state index is 12.0. The van der Waals surface area contributed by atoms with E-state index in [9.17, 15) is 4.79 Å². The third-order valence-corrected chi connectivity index (χ3v) is 3.83. The molecule has 0 fully saturated rings. The van der Waals surface area contributed by atoms with Crippen molar-refractivity contribution < 1.29 is 9.53 Å². The van der Waals surface area contributed by atoms with Crippen molar-refractivity contribution in [2.75, 3.05) is 12.4 Å². The van der Waals surface area contributed by atoms with Gasteiger partial charge < -0.3 is 4.74 Å². The molecule has 18 heavy (non-hydrogen) atoms. The van der Waals surface area contributed by atoms with Gasteiger partial charge in [0.15, 0.2) is 0 Å². The molecule has 0 saturated heterocycles. The molecular formula is C11H10IN3O2S. The molecule has 94 valence electrons. The Kier molecular flexibility index (Phi) is 4.61. The molecular weight excluding hydrogens is 365 g/mol. The summed E-state index contributed by atoms with van der Waals surface area (Å²) in [5.41, 5.74) is 0.626. The topological polar surface area (TPSA) is 64.1 Å². The number of rotatable bonds is 4. The summed E-state index contributed by atoms with van der Waals surface area (Å²) in [6, 6.07) is 7.37. The molecule has 0 atom stereocenters. The number of halogens is 1. The van der Waals surface area contributed by atoms with E-state index >= 15 is 0 Å². The Balaban J connectivity index is 2.09. The maximum atomic E-state index is 12.0. The molecule has 0 radical (unpaired) electrons. The van der Waals surface area contributed by atoms with E-state index in [1.807, 2.05) is 18.2 Å². The van der Waals surface area contributed by atoms with Gasteiger partial charge in [-0.1, -0.05) is 23.5 Å². The van der Waals surface area contributed by atoms with Crippen LogP contribution in [0.25, 0.3) is 0 Å². The van der Waals surface area contributed by atoms with Crippen LogP contribution >= 0.6 is 33.9 Å². The van der Waals surface area contributed by atoms with Gasteiger partial charge >= 0.3 is 0 Å². The summed E-state index contributed by atoms with van der Waals surface area (Å²) in [7, 11) is 1.59. The lowest BCUT2D eigenvalue weighted by atomic mass is 10.2. The minimum atomic E-state index is -0.180. The average Bonchev–Trinajstić information content (AvgIpc) is 2.77. The Hall–Kier alpha value is -1.06. The standard InChI is InChI=1S/C11H10IN3O2S/c1-17-6-9-14-15-11(18-9)13-10(16)7-4-2-3-5-8(7)12/h2-5H,6H2,1H3,(H,13,15,16). The summed E-state index contributed by atoms with van der Waals surface area (Å²) >= 11 is 3.43. The molecule has 0 aliphatic heterocycles. The summed E-state index contributed by atoms with van der Waals surface area (Å²) in [6.07, 6.45) is 0. The molecule has 5 nitrogen and oxygen atoms in total. The lowest BCUT2D eigenvalue weighted by Gasteiger charge is -2.02. The SMILES string of the molecule is COCc1nnc(NC(=O)c2ccccc2I)s1. The number of anilines is 1. The van der Waals surface area contributed by atoms with Crippen LogP contribution < -0.4 is 5.32 Å². The summed E-state index contributed by atoms with van der Waals surface area (Å²) < 4.78 is 5.84. The number of carbonyl (C=O) groups is 1. The maximum Gasteiger partial charge on any atom is 0.258 e. The van der Waals surface area contributed by atoms with E-state index < -0.39 is 0 Å². The number of amides is 1. The second kappa shape index (κ2) is 6.21. The Labute approximate surface area is 122 Å². The van der Waals surface area contributed by atoms with Gasteiger partial charge in [0.25, 0.3) is 5.91 Å². The van der Waals surface area contributed by atoms with E-state index in [1.165, 1.54) is 11.3 Å². The van der Waals surface area contributed by atoms with Crippen LogP contribution in [0.15, 0.2) is 24.3 Å². The second-order valence-corrected chi connectivity index (χ2v) is 5.59. The van der Waals surface area contributed by atoms with Crippen LogP contribution in [0.5, 0.6) is 0 Å². The van der Waals surface area contributed by atoms with E-state index in [4.69, 9.17) is 4.74 Å². The summed E-state index contributed by atoms with van der Waals surface area (Å²) in [5.74, 6) is -0.180. The molecule has 1 aromatic heterocycles. The van der Waals surface area contributed by atoms with E-state index in [0.29, 0.717) is 17.3 Å². The molecule has 0 aliphatic rings. The highest BCUT2D eigenvalue weighted by Crippen LogP contribution is 2.18. The molecule has 0 spiro atoms. The van der Waals surface area contributed by atoms with Gasteiger partial charge in [0.2, 0.25) is 5.13 Å². The fourth-order valence-corrected chi connectivity index (χ4v) is 2.64. The van der Waals surface area contributed by atoms with Crippen LogP contribution in [0, 0.1) is 3.57 Å². The Morgan fingerprint density at radius 1 is 1.44 bits per heavy atom. The highest BCUT2D eigenvalue weighted by atomic mass is 127. The quantitative estimate of drug-likeness (QED) is 0.835. The molecule has 1 heterocycles. The number of ether oxygens (including phenoxy) is 1. The van der Waals surface area contributed by atoms with Crippen LogP contribution in [0.2, 0.25) is 0 Å². The van der Waals surface area contributed by atoms with E-state index in [1.54, 1.807) is 13.2 Å². The Morgan fingerprint density at radius 3 is 2.94 bits per heavy atom. The van der Waals surface area contributed by atoms with Crippen molar-refractivity contribution in [1.82, 2.24) is 10.2 Å². The summed E-state index contributed by atoms with van der Waals surface area (Å²) in [5, 5.41) is 11.7. The van der Waals surface area contributed by atoms with Crippen molar-refractivity contribution >= 4 is 45.0 Å². The monoisotopic (exact) mass is 375 g/mol. The van der Waals surface area contributed by atoms with Crippen LogP contribution in [-0.2, 0) is 11.3 Å². The number of hydrogen-bond acceptors (Lipinski definition) is 5. The number of methoxy groups -OCH3 is 1.